The summed E-state index contributed by atoms with van der Waals surface area (Å²) in [4.78, 5) is 10.7. The highest BCUT2D eigenvalue weighted by molar-refractivity contribution is 6.34. The van der Waals surface area contributed by atoms with Crippen molar-refractivity contribution < 1.29 is 18.0 Å². The van der Waals surface area contributed by atoms with Crippen molar-refractivity contribution in [1.82, 2.24) is 5.32 Å². The van der Waals surface area contributed by atoms with Gasteiger partial charge in [0.05, 0.1) is 16.1 Å². The summed E-state index contributed by atoms with van der Waals surface area (Å²) in [5, 5.41) is 10.2. The van der Waals surface area contributed by atoms with Crippen molar-refractivity contribution in [3.05, 3.63) is 75.9 Å². The van der Waals surface area contributed by atoms with E-state index in [1.165, 1.54) is 37.2 Å². The SMILES string of the molecule is N=C/C(=C\N)c1cccc(CC2CCCCN2)c1.NC(=O)c1cccc(C(F)(F)F)c1Cl. The van der Waals surface area contributed by atoms with Crippen LogP contribution in [-0.2, 0) is 12.6 Å². The van der Waals surface area contributed by atoms with Gasteiger partial charge in [-0.3, -0.25) is 4.79 Å². The maximum absolute atomic E-state index is 12.3. The molecule has 1 fully saturated rings. The second-order valence-corrected chi connectivity index (χ2v) is 7.72. The van der Waals surface area contributed by atoms with Gasteiger partial charge in [0.15, 0.2) is 0 Å². The van der Waals surface area contributed by atoms with Crippen molar-refractivity contribution in [1.29, 1.82) is 5.41 Å². The molecule has 0 aliphatic carbocycles. The van der Waals surface area contributed by atoms with E-state index >= 15 is 0 Å². The number of nitrogens with one attached hydrogen (secondary N) is 2. The number of primary amides is 1. The Morgan fingerprint density at radius 3 is 2.50 bits per heavy atom. The van der Waals surface area contributed by atoms with Crippen LogP contribution >= 0.6 is 11.6 Å². The highest BCUT2D eigenvalue weighted by Crippen LogP contribution is 2.35. The van der Waals surface area contributed by atoms with Gasteiger partial charge >= 0.3 is 6.18 Å². The van der Waals surface area contributed by atoms with Gasteiger partial charge in [-0.25, -0.2) is 0 Å². The molecular formula is C23H26ClF3N4O. The minimum atomic E-state index is -4.58. The number of allylic oxidation sites excluding steroid dienone is 1. The molecule has 1 aliphatic rings. The Bertz CT molecular complexity index is 970. The Balaban J connectivity index is 0.000000235. The number of benzene rings is 2. The van der Waals surface area contributed by atoms with Crippen molar-refractivity contribution in [3.63, 3.8) is 0 Å². The van der Waals surface area contributed by atoms with Crippen LogP contribution in [0, 0.1) is 5.41 Å². The summed E-state index contributed by atoms with van der Waals surface area (Å²) in [5.41, 5.74) is 12.1. The van der Waals surface area contributed by atoms with Crippen LogP contribution in [0.15, 0.2) is 48.7 Å². The molecule has 0 radical (unpaired) electrons. The number of carbonyl (C=O) groups excluding carboxylic acids is 1. The van der Waals surface area contributed by atoms with Gasteiger partial charge in [0, 0.05) is 24.0 Å². The van der Waals surface area contributed by atoms with Crippen LogP contribution in [0.25, 0.3) is 5.57 Å². The molecule has 3 rings (SSSR count). The van der Waals surface area contributed by atoms with Gasteiger partial charge in [-0.15, -0.1) is 0 Å². The second kappa shape index (κ2) is 11.7. The molecule has 0 spiro atoms. The van der Waals surface area contributed by atoms with E-state index in [0.717, 1.165) is 42.3 Å². The van der Waals surface area contributed by atoms with Crippen LogP contribution in [0.3, 0.4) is 0 Å². The molecule has 172 valence electrons. The predicted molar refractivity (Wildman–Crippen MR) is 122 cm³/mol. The molecule has 0 bridgehead atoms. The molecule has 2 aromatic carbocycles. The van der Waals surface area contributed by atoms with E-state index in [0.29, 0.717) is 6.04 Å². The topological polar surface area (TPSA) is 105 Å². The van der Waals surface area contributed by atoms with Gasteiger partial charge in [-0.05, 0) is 49.1 Å². The molecule has 9 heteroatoms. The molecule has 0 saturated carbocycles. The molecule has 1 atom stereocenters. The van der Waals surface area contributed by atoms with Gasteiger partial charge in [0.2, 0.25) is 5.91 Å². The highest BCUT2D eigenvalue weighted by Gasteiger charge is 2.34. The van der Waals surface area contributed by atoms with E-state index in [9.17, 15) is 18.0 Å². The number of hydrogen-bond acceptors (Lipinski definition) is 4. The minimum absolute atomic E-state index is 0.332. The first-order valence-electron chi connectivity index (χ1n) is 10.1. The number of hydrogen-bond donors (Lipinski definition) is 4. The fraction of sp³-hybridized carbons (Fsp3) is 0.304. The zero-order chi connectivity index (χ0) is 23.7. The van der Waals surface area contributed by atoms with Crippen LogP contribution < -0.4 is 16.8 Å². The van der Waals surface area contributed by atoms with Crippen molar-refractivity contribution in [2.75, 3.05) is 6.54 Å². The molecule has 32 heavy (non-hydrogen) atoms. The quantitative estimate of drug-likeness (QED) is 0.476. The Morgan fingerprint density at radius 2 is 1.94 bits per heavy atom. The lowest BCUT2D eigenvalue weighted by Crippen LogP contribution is -2.35. The van der Waals surface area contributed by atoms with E-state index in [-0.39, 0.29) is 5.56 Å². The lowest BCUT2D eigenvalue weighted by molar-refractivity contribution is -0.137. The number of rotatable bonds is 5. The third-order valence-electron chi connectivity index (χ3n) is 5.06. The molecule has 1 amide bonds. The largest absolute Gasteiger partial charge is 0.417 e. The summed E-state index contributed by atoms with van der Waals surface area (Å²) in [7, 11) is 0. The summed E-state index contributed by atoms with van der Waals surface area (Å²) >= 11 is 5.37. The second-order valence-electron chi connectivity index (χ2n) is 7.35. The monoisotopic (exact) mass is 466 g/mol. The molecule has 1 saturated heterocycles. The molecular weight excluding hydrogens is 441 g/mol. The van der Waals surface area contributed by atoms with Crippen LogP contribution in [-0.4, -0.2) is 24.7 Å². The number of piperidine rings is 1. The summed E-state index contributed by atoms with van der Waals surface area (Å²) in [6.45, 7) is 1.14. The average molecular weight is 467 g/mol. The highest BCUT2D eigenvalue weighted by atomic mass is 35.5. The Kier molecular flexibility index (Phi) is 9.28. The summed E-state index contributed by atoms with van der Waals surface area (Å²) < 4.78 is 36.8. The lowest BCUT2D eigenvalue weighted by atomic mass is 9.96. The van der Waals surface area contributed by atoms with Crippen molar-refractivity contribution in [2.24, 2.45) is 11.5 Å². The van der Waals surface area contributed by atoms with E-state index in [2.05, 4.69) is 17.4 Å². The van der Waals surface area contributed by atoms with E-state index in [4.69, 9.17) is 28.5 Å². The third-order valence-corrected chi connectivity index (χ3v) is 5.47. The first kappa shape index (κ1) is 25.4. The van der Waals surface area contributed by atoms with Gasteiger partial charge in [-0.1, -0.05) is 48.4 Å². The zero-order valence-electron chi connectivity index (χ0n) is 17.4. The minimum Gasteiger partial charge on any atom is -0.404 e. The summed E-state index contributed by atoms with van der Waals surface area (Å²) in [6.07, 6.45) is 3.15. The van der Waals surface area contributed by atoms with E-state index in [1.807, 2.05) is 12.1 Å². The molecule has 1 aliphatic heterocycles. The lowest BCUT2D eigenvalue weighted by Gasteiger charge is -2.23. The summed E-state index contributed by atoms with van der Waals surface area (Å²) in [6, 6.07) is 11.9. The van der Waals surface area contributed by atoms with Gasteiger partial charge in [0.25, 0.3) is 0 Å². The first-order chi connectivity index (χ1) is 15.2. The first-order valence-corrected chi connectivity index (χ1v) is 10.5. The van der Waals surface area contributed by atoms with Crippen LogP contribution in [0.2, 0.25) is 5.02 Å². The van der Waals surface area contributed by atoms with Gasteiger partial charge in [-0.2, -0.15) is 13.2 Å². The van der Waals surface area contributed by atoms with Gasteiger partial charge < -0.3 is 22.2 Å². The van der Waals surface area contributed by atoms with Crippen molar-refractivity contribution in [3.8, 4) is 0 Å². The van der Waals surface area contributed by atoms with Crippen molar-refractivity contribution >= 4 is 29.3 Å². The maximum Gasteiger partial charge on any atom is 0.417 e. The normalized spacial score (nSPS) is 16.6. The number of nitrogens with two attached hydrogens (primary N) is 2. The van der Waals surface area contributed by atoms with E-state index < -0.39 is 22.7 Å². The van der Waals surface area contributed by atoms with Crippen LogP contribution in [0.1, 0.15) is 46.3 Å². The molecule has 1 unspecified atom stereocenters. The summed E-state index contributed by atoms with van der Waals surface area (Å²) in [5.74, 6) is -0.985. The fourth-order valence-corrected chi connectivity index (χ4v) is 3.76. The number of amides is 1. The Morgan fingerprint density at radius 1 is 1.22 bits per heavy atom. The maximum atomic E-state index is 12.3. The number of alkyl halides is 3. The standard InChI is InChI=1S/C15H21N3.C8H5ClF3NO/c16-10-14(11-17)13-5-3-4-12(8-13)9-15-6-1-2-7-18-15;9-6-4(7(13)14)2-1-3-5(6)8(10,11)12/h3-5,8,10-11,15-16,18H,1-2,6-7,9,17H2;1-3H,(H2,13,14)/b14-11+,16-10?;. The third kappa shape index (κ3) is 7.10. The van der Waals surface area contributed by atoms with Crippen LogP contribution in [0.4, 0.5) is 13.2 Å². The number of carbonyl (C=O) groups is 1. The molecule has 5 nitrogen and oxygen atoms in total. The van der Waals surface area contributed by atoms with Crippen LogP contribution in [0.5, 0.6) is 0 Å². The zero-order valence-corrected chi connectivity index (χ0v) is 18.1. The molecule has 0 aromatic heterocycles. The fourth-order valence-electron chi connectivity index (χ4n) is 3.43. The Hall–Kier alpha value is -2.84. The molecule has 6 N–H and O–H groups in total. The van der Waals surface area contributed by atoms with Crippen molar-refractivity contribution in [2.45, 2.75) is 37.9 Å². The molecule has 1 heterocycles. The predicted octanol–water partition coefficient (Wildman–Crippen LogP) is 4.78. The smallest absolute Gasteiger partial charge is 0.404 e. The van der Waals surface area contributed by atoms with Gasteiger partial charge in [0.1, 0.15) is 0 Å². The number of halogens is 4. The van der Waals surface area contributed by atoms with E-state index in [1.54, 1.807) is 0 Å². The average Bonchev–Trinajstić information content (AvgIpc) is 2.75. The molecule has 2 aromatic rings. The Labute approximate surface area is 190 Å².